The molecular formula is C16H12ClN5O. The number of aromatic nitrogens is 3. The summed E-state index contributed by atoms with van der Waals surface area (Å²) in [5.74, 6) is 0.00283. The first-order valence-electron chi connectivity index (χ1n) is 7.09. The monoisotopic (exact) mass is 325 g/mol. The van der Waals surface area contributed by atoms with Gasteiger partial charge in [-0.2, -0.15) is 5.10 Å². The maximum atomic E-state index is 12.0. The van der Waals surface area contributed by atoms with Crippen molar-refractivity contribution in [1.29, 1.82) is 0 Å². The highest BCUT2D eigenvalue weighted by molar-refractivity contribution is 6.29. The number of fused-ring (bicyclic) bond motifs is 2. The molecule has 1 aliphatic rings. The van der Waals surface area contributed by atoms with Crippen LogP contribution in [0.15, 0.2) is 41.5 Å². The van der Waals surface area contributed by atoms with Crippen molar-refractivity contribution in [2.75, 3.05) is 13.1 Å². The molecule has 6 nitrogen and oxygen atoms in total. The zero-order chi connectivity index (χ0) is 16.0. The van der Waals surface area contributed by atoms with Crippen LogP contribution in [0.25, 0.3) is 16.9 Å². The molecule has 114 valence electrons. The summed E-state index contributed by atoms with van der Waals surface area (Å²) in [5.41, 5.74) is 10.3. The quantitative estimate of drug-likeness (QED) is 0.780. The van der Waals surface area contributed by atoms with Gasteiger partial charge in [0.1, 0.15) is 11.7 Å². The first-order chi connectivity index (χ1) is 11.2. The lowest BCUT2D eigenvalue weighted by Gasteiger charge is -2.16. The van der Waals surface area contributed by atoms with E-state index in [4.69, 9.17) is 17.3 Å². The summed E-state index contributed by atoms with van der Waals surface area (Å²) < 4.78 is 1.67. The third-order valence-corrected chi connectivity index (χ3v) is 4.06. The van der Waals surface area contributed by atoms with Crippen molar-refractivity contribution in [3.8, 4) is 11.3 Å². The highest BCUT2D eigenvalue weighted by Gasteiger charge is 2.21. The molecule has 0 saturated carbocycles. The van der Waals surface area contributed by atoms with Crippen molar-refractivity contribution in [1.82, 2.24) is 14.6 Å². The molecule has 1 aliphatic heterocycles. The second-order valence-electron chi connectivity index (χ2n) is 5.22. The van der Waals surface area contributed by atoms with Gasteiger partial charge in [0.2, 0.25) is 0 Å². The molecule has 1 aromatic carbocycles. The number of nitrogens with two attached hydrogens (primary N) is 1. The van der Waals surface area contributed by atoms with Gasteiger partial charge in [-0.15, -0.1) is 0 Å². The van der Waals surface area contributed by atoms with Gasteiger partial charge in [-0.25, -0.2) is 9.50 Å². The Morgan fingerprint density at radius 3 is 2.91 bits per heavy atom. The van der Waals surface area contributed by atoms with Crippen molar-refractivity contribution >= 4 is 28.7 Å². The van der Waals surface area contributed by atoms with Gasteiger partial charge < -0.3 is 5.73 Å². The number of nitrogens with zero attached hydrogens (tertiary/aromatic N) is 4. The molecule has 3 heterocycles. The minimum Gasteiger partial charge on any atom is -0.325 e. The first-order valence-corrected chi connectivity index (χ1v) is 7.47. The number of imidazole rings is 1. The third-order valence-electron chi connectivity index (χ3n) is 3.86. The van der Waals surface area contributed by atoms with Crippen LogP contribution in [0.5, 0.6) is 0 Å². The summed E-state index contributed by atoms with van der Waals surface area (Å²) in [7, 11) is 0. The smallest absolute Gasteiger partial charge is 0.184 e. The lowest BCUT2D eigenvalue weighted by Crippen LogP contribution is -2.25. The van der Waals surface area contributed by atoms with E-state index < -0.39 is 0 Å². The second-order valence-corrected chi connectivity index (χ2v) is 5.61. The van der Waals surface area contributed by atoms with E-state index >= 15 is 0 Å². The molecular weight excluding hydrogens is 314 g/mol. The summed E-state index contributed by atoms with van der Waals surface area (Å²) in [5, 5.41) is 4.66. The molecule has 0 atom stereocenters. The van der Waals surface area contributed by atoms with E-state index in [2.05, 4.69) is 15.1 Å². The lowest BCUT2D eigenvalue weighted by atomic mass is 9.94. The van der Waals surface area contributed by atoms with Crippen LogP contribution in [0.4, 0.5) is 0 Å². The average Bonchev–Trinajstić information content (AvgIpc) is 2.98. The number of Topliss-reactive ketones (excluding diaryl/α,β-unsaturated/α-hetero) is 1. The lowest BCUT2D eigenvalue weighted by molar-refractivity contribution is 0.1000. The number of ketones is 1. The summed E-state index contributed by atoms with van der Waals surface area (Å²) in [6, 6.07) is 9.08. The Hall–Kier alpha value is -2.57. The minimum absolute atomic E-state index is 0.00283. The van der Waals surface area contributed by atoms with Gasteiger partial charge in [0, 0.05) is 23.2 Å². The average molecular weight is 326 g/mol. The largest absolute Gasteiger partial charge is 0.325 e. The Labute approximate surface area is 136 Å². The molecule has 0 radical (unpaired) electrons. The van der Waals surface area contributed by atoms with Gasteiger partial charge in [-0.05, 0) is 24.3 Å². The predicted octanol–water partition coefficient (Wildman–Crippen LogP) is 1.99. The Morgan fingerprint density at radius 2 is 2.09 bits per heavy atom. The minimum atomic E-state index is 0.00283. The molecule has 0 amide bonds. The second kappa shape index (κ2) is 5.26. The fraction of sp³-hybridized carbons (Fsp3) is 0.125. The molecule has 3 aromatic rings. The Kier molecular flexibility index (Phi) is 3.21. The van der Waals surface area contributed by atoms with E-state index in [9.17, 15) is 4.79 Å². The molecule has 2 aromatic heterocycles. The van der Waals surface area contributed by atoms with Gasteiger partial charge in [0.25, 0.3) is 0 Å². The van der Waals surface area contributed by atoms with E-state index in [0.29, 0.717) is 22.9 Å². The van der Waals surface area contributed by atoms with Gasteiger partial charge in [-0.1, -0.05) is 17.7 Å². The SMILES string of the molecule is NCC1=NCC(=O)c2ccc(-c3cnc4ccc(Cl)nn34)cc21. The highest BCUT2D eigenvalue weighted by atomic mass is 35.5. The van der Waals surface area contributed by atoms with Crippen LogP contribution in [-0.2, 0) is 0 Å². The molecule has 2 N–H and O–H groups in total. The topological polar surface area (TPSA) is 85.6 Å². The Bertz CT molecular complexity index is 976. The number of hydrogen-bond acceptors (Lipinski definition) is 5. The van der Waals surface area contributed by atoms with Crippen molar-refractivity contribution < 1.29 is 4.79 Å². The van der Waals surface area contributed by atoms with Gasteiger partial charge in [0.05, 0.1) is 17.6 Å². The van der Waals surface area contributed by atoms with Crippen molar-refractivity contribution in [2.24, 2.45) is 10.7 Å². The highest BCUT2D eigenvalue weighted by Crippen LogP contribution is 2.26. The molecule has 0 spiro atoms. The van der Waals surface area contributed by atoms with Gasteiger partial charge in [-0.3, -0.25) is 9.79 Å². The predicted molar refractivity (Wildman–Crippen MR) is 88.2 cm³/mol. The van der Waals surface area contributed by atoms with Gasteiger partial charge in [0.15, 0.2) is 11.4 Å². The molecule has 4 rings (SSSR count). The van der Waals surface area contributed by atoms with Crippen molar-refractivity contribution in [2.45, 2.75) is 0 Å². The fourth-order valence-corrected chi connectivity index (χ4v) is 2.88. The normalized spacial score (nSPS) is 14.0. The van der Waals surface area contributed by atoms with Crippen LogP contribution in [0.1, 0.15) is 15.9 Å². The maximum Gasteiger partial charge on any atom is 0.184 e. The summed E-state index contributed by atoms with van der Waals surface area (Å²) in [6.45, 7) is 0.451. The number of benzene rings is 1. The molecule has 7 heteroatoms. The third kappa shape index (κ3) is 2.23. The first kappa shape index (κ1) is 14.0. The summed E-state index contributed by atoms with van der Waals surface area (Å²) in [6.07, 6.45) is 1.73. The molecule has 0 fully saturated rings. The van der Waals surface area contributed by atoms with E-state index in [1.54, 1.807) is 28.9 Å². The van der Waals surface area contributed by atoms with Crippen LogP contribution in [0.2, 0.25) is 5.15 Å². The van der Waals surface area contributed by atoms with E-state index in [1.165, 1.54) is 0 Å². The fourth-order valence-electron chi connectivity index (χ4n) is 2.75. The number of aliphatic imine (C=N–C) groups is 1. The summed E-state index contributed by atoms with van der Waals surface area (Å²) in [4.78, 5) is 20.6. The standard InChI is InChI=1S/C16H12ClN5O/c17-15-3-4-16-20-7-13(22(16)21-15)9-1-2-10-11(5-9)12(6-18)19-8-14(10)23/h1-5,7H,6,8,18H2. The zero-order valence-electron chi connectivity index (χ0n) is 12.0. The molecule has 0 unspecified atom stereocenters. The van der Waals surface area contributed by atoms with Crippen LogP contribution in [-0.4, -0.2) is 39.2 Å². The number of halogens is 1. The van der Waals surface area contributed by atoms with Crippen LogP contribution < -0.4 is 5.73 Å². The van der Waals surface area contributed by atoms with Gasteiger partial charge >= 0.3 is 0 Å². The van der Waals surface area contributed by atoms with Crippen LogP contribution >= 0.6 is 11.6 Å². The molecule has 23 heavy (non-hydrogen) atoms. The number of hydrogen-bond donors (Lipinski definition) is 1. The van der Waals surface area contributed by atoms with Crippen molar-refractivity contribution in [3.63, 3.8) is 0 Å². The van der Waals surface area contributed by atoms with E-state index in [-0.39, 0.29) is 12.3 Å². The zero-order valence-corrected chi connectivity index (χ0v) is 12.8. The Balaban J connectivity index is 1.92. The van der Waals surface area contributed by atoms with Crippen LogP contribution in [0.3, 0.4) is 0 Å². The van der Waals surface area contributed by atoms with E-state index in [1.807, 2.05) is 12.1 Å². The number of carbonyl (C=O) groups excluding carboxylic acids is 1. The number of rotatable bonds is 2. The summed E-state index contributed by atoms with van der Waals surface area (Å²) >= 11 is 5.98. The van der Waals surface area contributed by atoms with Crippen molar-refractivity contribution in [3.05, 3.63) is 52.8 Å². The maximum absolute atomic E-state index is 12.0. The molecule has 0 aliphatic carbocycles. The Morgan fingerprint density at radius 1 is 1.22 bits per heavy atom. The molecule has 0 bridgehead atoms. The molecule has 0 saturated heterocycles. The number of carbonyl (C=O) groups is 1. The van der Waals surface area contributed by atoms with E-state index in [0.717, 1.165) is 22.5 Å². The van der Waals surface area contributed by atoms with Crippen LogP contribution in [0, 0.1) is 0 Å².